The van der Waals surface area contributed by atoms with Crippen molar-refractivity contribution in [2.75, 3.05) is 13.2 Å². The van der Waals surface area contributed by atoms with Crippen LogP contribution in [0.4, 0.5) is 0 Å². The molecule has 0 aromatic heterocycles. The lowest BCUT2D eigenvalue weighted by Crippen LogP contribution is -2.34. The van der Waals surface area contributed by atoms with Gasteiger partial charge in [-0.25, -0.2) is 0 Å². The molecule has 0 spiro atoms. The second-order valence-electron chi connectivity index (χ2n) is 4.94. The maximum absolute atomic E-state index is 11.5. The maximum atomic E-state index is 11.5. The number of hydrogen-bond acceptors (Lipinski definition) is 7. The third-order valence-corrected chi connectivity index (χ3v) is 2.78. The van der Waals surface area contributed by atoms with Crippen molar-refractivity contribution in [3.63, 3.8) is 0 Å². The number of nitrogens with two attached hydrogens (primary N) is 1. The minimum atomic E-state index is -1.10. The standard InChI is InChI=1S/C13H21NO8/c1-7(11(16)17)5-21-10(15)4-3-9(14)13(20)22-6-8(2)12(18)19/h7-9H,3-6,14H2,1-2H3,(H,16,17)(H,18,19)/t7?,8?,9-/m0/s1. The van der Waals surface area contributed by atoms with Crippen LogP contribution in [-0.4, -0.2) is 53.3 Å². The van der Waals surface area contributed by atoms with Crippen LogP contribution in [0.5, 0.6) is 0 Å². The number of esters is 2. The van der Waals surface area contributed by atoms with Gasteiger partial charge in [-0.2, -0.15) is 0 Å². The summed E-state index contributed by atoms with van der Waals surface area (Å²) in [5.41, 5.74) is 5.51. The zero-order valence-corrected chi connectivity index (χ0v) is 12.5. The smallest absolute Gasteiger partial charge is 0.322 e. The fraction of sp³-hybridized carbons (Fsp3) is 0.692. The number of carbonyl (C=O) groups is 4. The zero-order chi connectivity index (χ0) is 17.3. The van der Waals surface area contributed by atoms with E-state index in [0.717, 1.165) is 0 Å². The molecule has 0 fully saturated rings. The molecule has 0 aliphatic carbocycles. The largest absolute Gasteiger partial charge is 0.481 e. The fourth-order valence-electron chi connectivity index (χ4n) is 1.14. The Balaban J connectivity index is 3.98. The lowest BCUT2D eigenvalue weighted by atomic mass is 10.1. The highest BCUT2D eigenvalue weighted by atomic mass is 16.5. The molecular weight excluding hydrogens is 298 g/mol. The third-order valence-electron chi connectivity index (χ3n) is 2.78. The summed E-state index contributed by atoms with van der Waals surface area (Å²) in [5.74, 6) is -5.33. The quantitative estimate of drug-likeness (QED) is 0.457. The van der Waals surface area contributed by atoms with Crippen molar-refractivity contribution in [3.05, 3.63) is 0 Å². The second kappa shape index (κ2) is 9.72. The van der Waals surface area contributed by atoms with Gasteiger partial charge in [0.1, 0.15) is 19.3 Å². The lowest BCUT2D eigenvalue weighted by molar-refractivity contribution is -0.151. The van der Waals surface area contributed by atoms with Crippen LogP contribution >= 0.6 is 0 Å². The highest BCUT2D eigenvalue weighted by Gasteiger charge is 2.20. The fourth-order valence-corrected chi connectivity index (χ4v) is 1.14. The molecule has 0 aliphatic heterocycles. The van der Waals surface area contributed by atoms with E-state index in [-0.39, 0.29) is 26.1 Å². The summed E-state index contributed by atoms with van der Waals surface area (Å²) in [6.07, 6.45) is -0.211. The van der Waals surface area contributed by atoms with Crippen LogP contribution in [0.1, 0.15) is 26.7 Å². The summed E-state index contributed by atoms with van der Waals surface area (Å²) in [4.78, 5) is 43.9. The van der Waals surface area contributed by atoms with Gasteiger partial charge in [-0.05, 0) is 20.3 Å². The molecule has 0 heterocycles. The van der Waals surface area contributed by atoms with Gasteiger partial charge in [-0.3, -0.25) is 19.2 Å². The van der Waals surface area contributed by atoms with Crippen molar-refractivity contribution in [1.29, 1.82) is 0 Å². The summed E-state index contributed by atoms with van der Waals surface area (Å²) in [7, 11) is 0. The molecule has 0 saturated heterocycles. The van der Waals surface area contributed by atoms with E-state index in [2.05, 4.69) is 0 Å². The molecule has 9 nitrogen and oxygen atoms in total. The minimum Gasteiger partial charge on any atom is -0.481 e. The van der Waals surface area contributed by atoms with Crippen molar-refractivity contribution in [3.8, 4) is 0 Å². The van der Waals surface area contributed by atoms with Gasteiger partial charge in [-0.15, -0.1) is 0 Å². The molecular formula is C13H21NO8. The maximum Gasteiger partial charge on any atom is 0.322 e. The molecule has 0 amide bonds. The monoisotopic (exact) mass is 319 g/mol. The van der Waals surface area contributed by atoms with Crippen LogP contribution in [0.15, 0.2) is 0 Å². The normalized spacial score (nSPS) is 14.5. The number of rotatable bonds is 10. The first-order chi connectivity index (χ1) is 10.1. The van der Waals surface area contributed by atoms with E-state index in [0.29, 0.717) is 0 Å². The predicted octanol–water partition coefficient (Wildman–Crippen LogP) is -0.378. The Kier molecular flexibility index (Phi) is 8.76. The Morgan fingerprint density at radius 1 is 0.955 bits per heavy atom. The van der Waals surface area contributed by atoms with Crippen LogP contribution in [0.3, 0.4) is 0 Å². The Bertz CT molecular complexity index is 422. The molecule has 0 bridgehead atoms. The molecule has 0 saturated carbocycles. The molecule has 0 radical (unpaired) electrons. The SMILES string of the molecule is CC(COC(=O)CC[C@H](N)C(=O)OCC(C)C(=O)O)C(=O)O. The minimum absolute atomic E-state index is 0.0411. The Morgan fingerprint density at radius 3 is 1.86 bits per heavy atom. The predicted molar refractivity (Wildman–Crippen MR) is 72.7 cm³/mol. The first kappa shape index (κ1) is 19.8. The van der Waals surface area contributed by atoms with E-state index in [9.17, 15) is 19.2 Å². The summed E-state index contributed by atoms with van der Waals surface area (Å²) < 4.78 is 9.43. The summed E-state index contributed by atoms with van der Waals surface area (Å²) >= 11 is 0. The van der Waals surface area contributed by atoms with Gasteiger partial charge in [0.25, 0.3) is 0 Å². The van der Waals surface area contributed by atoms with Crippen LogP contribution in [-0.2, 0) is 28.7 Å². The highest BCUT2D eigenvalue weighted by molar-refractivity contribution is 5.78. The molecule has 3 atom stereocenters. The topological polar surface area (TPSA) is 153 Å². The Morgan fingerprint density at radius 2 is 1.41 bits per heavy atom. The van der Waals surface area contributed by atoms with Gasteiger partial charge in [0, 0.05) is 6.42 Å². The van der Waals surface area contributed by atoms with E-state index in [1.54, 1.807) is 0 Å². The molecule has 0 aliphatic rings. The van der Waals surface area contributed by atoms with Gasteiger partial charge >= 0.3 is 23.9 Å². The van der Waals surface area contributed by atoms with Gasteiger partial charge in [-0.1, -0.05) is 0 Å². The molecule has 2 unspecified atom stereocenters. The number of carboxylic acids is 2. The average Bonchev–Trinajstić information content (AvgIpc) is 2.46. The Labute approximate surface area is 127 Å². The number of carbonyl (C=O) groups excluding carboxylic acids is 2. The number of hydrogen-bond donors (Lipinski definition) is 3. The molecule has 0 aromatic rings. The van der Waals surface area contributed by atoms with Crippen molar-refractivity contribution in [2.24, 2.45) is 17.6 Å². The van der Waals surface area contributed by atoms with E-state index in [1.165, 1.54) is 13.8 Å². The molecule has 0 aromatic carbocycles. The van der Waals surface area contributed by atoms with Gasteiger partial charge in [0.15, 0.2) is 0 Å². The van der Waals surface area contributed by atoms with Crippen LogP contribution < -0.4 is 5.73 Å². The average molecular weight is 319 g/mol. The van der Waals surface area contributed by atoms with Crippen LogP contribution in [0, 0.1) is 11.8 Å². The van der Waals surface area contributed by atoms with Gasteiger partial charge in [0.2, 0.25) is 0 Å². The zero-order valence-electron chi connectivity index (χ0n) is 12.5. The van der Waals surface area contributed by atoms with Gasteiger partial charge in [0.05, 0.1) is 11.8 Å². The van der Waals surface area contributed by atoms with Crippen molar-refractivity contribution in [2.45, 2.75) is 32.7 Å². The number of carboxylic acid groups (broad SMARTS) is 2. The first-order valence-corrected chi connectivity index (χ1v) is 6.68. The molecule has 0 rings (SSSR count). The van der Waals surface area contributed by atoms with Crippen LogP contribution in [0.25, 0.3) is 0 Å². The third kappa shape index (κ3) is 8.20. The highest BCUT2D eigenvalue weighted by Crippen LogP contribution is 2.04. The molecule has 126 valence electrons. The summed E-state index contributed by atoms with van der Waals surface area (Å²) in [5, 5.41) is 17.2. The van der Waals surface area contributed by atoms with Crippen LogP contribution in [0.2, 0.25) is 0 Å². The van der Waals surface area contributed by atoms with Crippen molar-refractivity contribution in [1.82, 2.24) is 0 Å². The van der Waals surface area contributed by atoms with E-state index in [4.69, 9.17) is 25.4 Å². The van der Waals surface area contributed by atoms with Gasteiger partial charge < -0.3 is 25.4 Å². The molecule has 9 heteroatoms. The number of ether oxygens (including phenoxy) is 2. The Hall–Kier alpha value is -2.16. The lowest BCUT2D eigenvalue weighted by Gasteiger charge is -2.13. The summed E-state index contributed by atoms with van der Waals surface area (Å²) in [6, 6.07) is -1.08. The van der Waals surface area contributed by atoms with Crippen molar-refractivity contribution >= 4 is 23.9 Å². The molecule has 22 heavy (non-hydrogen) atoms. The number of aliphatic carboxylic acids is 2. The van der Waals surface area contributed by atoms with E-state index < -0.39 is 41.8 Å². The molecule has 4 N–H and O–H groups in total. The first-order valence-electron chi connectivity index (χ1n) is 6.68. The van der Waals surface area contributed by atoms with E-state index >= 15 is 0 Å². The summed E-state index contributed by atoms with van der Waals surface area (Å²) in [6.45, 7) is 2.21. The van der Waals surface area contributed by atoms with E-state index in [1.807, 2.05) is 0 Å². The van der Waals surface area contributed by atoms with Crippen molar-refractivity contribution < 1.29 is 38.9 Å². The second-order valence-corrected chi connectivity index (χ2v) is 4.94.